The van der Waals surface area contributed by atoms with Crippen molar-refractivity contribution in [3.05, 3.63) is 29.6 Å². The van der Waals surface area contributed by atoms with E-state index in [2.05, 4.69) is 22.1 Å². The second kappa shape index (κ2) is 7.63. The SMILES string of the molecule is NCC#Cc1ccc(C(=O)NCC2CCOCC2)nc1. The molecular weight excluding hydrogens is 254 g/mol. The molecule has 3 N–H and O–H groups in total. The van der Waals surface area contributed by atoms with E-state index in [0.29, 0.717) is 24.7 Å². The third kappa shape index (κ3) is 4.34. The third-order valence-corrected chi connectivity index (χ3v) is 3.22. The molecule has 1 aliphatic rings. The molecule has 5 nitrogen and oxygen atoms in total. The molecule has 1 aromatic heterocycles. The van der Waals surface area contributed by atoms with Gasteiger partial charge in [-0.05, 0) is 30.9 Å². The van der Waals surface area contributed by atoms with E-state index in [1.165, 1.54) is 0 Å². The summed E-state index contributed by atoms with van der Waals surface area (Å²) in [4.78, 5) is 16.1. The van der Waals surface area contributed by atoms with Gasteiger partial charge in [0, 0.05) is 31.5 Å². The maximum Gasteiger partial charge on any atom is 0.269 e. The fourth-order valence-electron chi connectivity index (χ4n) is 2.03. The van der Waals surface area contributed by atoms with Gasteiger partial charge in [-0.2, -0.15) is 0 Å². The lowest BCUT2D eigenvalue weighted by Crippen LogP contribution is -2.32. The molecule has 0 aromatic carbocycles. The summed E-state index contributed by atoms with van der Waals surface area (Å²) in [5.74, 6) is 5.98. The molecule has 1 saturated heterocycles. The highest BCUT2D eigenvalue weighted by Crippen LogP contribution is 2.13. The van der Waals surface area contributed by atoms with Crippen LogP contribution in [0.5, 0.6) is 0 Å². The lowest BCUT2D eigenvalue weighted by Gasteiger charge is -2.22. The van der Waals surface area contributed by atoms with E-state index >= 15 is 0 Å². The summed E-state index contributed by atoms with van der Waals surface area (Å²) < 4.78 is 5.29. The minimum absolute atomic E-state index is 0.144. The van der Waals surface area contributed by atoms with E-state index in [1.54, 1.807) is 18.3 Å². The molecule has 5 heteroatoms. The Hall–Kier alpha value is -1.90. The van der Waals surface area contributed by atoms with Crippen molar-refractivity contribution in [1.82, 2.24) is 10.3 Å². The Morgan fingerprint density at radius 3 is 2.90 bits per heavy atom. The van der Waals surface area contributed by atoms with E-state index < -0.39 is 0 Å². The van der Waals surface area contributed by atoms with Crippen molar-refractivity contribution in [3.63, 3.8) is 0 Å². The second-order valence-corrected chi connectivity index (χ2v) is 4.70. The number of rotatable bonds is 3. The number of pyridine rings is 1. The number of ether oxygens (including phenoxy) is 1. The fraction of sp³-hybridized carbons (Fsp3) is 0.467. The summed E-state index contributed by atoms with van der Waals surface area (Å²) in [5.41, 5.74) is 6.47. The average Bonchev–Trinajstić information content (AvgIpc) is 2.52. The largest absolute Gasteiger partial charge is 0.381 e. The Bertz CT molecular complexity index is 496. The molecule has 0 aliphatic carbocycles. The van der Waals surface area contributed by atoms with E-state index in [4.69, 9.17) is 10.5 Å². The lowest BCUT2D eigenvalue weighted by molar-refractivity contribution is 0.0642. The summed E-state index contributed by atoms with van der Waals surface area (Å²) in [6.45, 7) is 2.56. The summed E-state index contributed by atoms with van der Waals surface area (Å²) in [6.07, 6.45) is 3.59. The monoisotopic (exact) mass is 273 g/mol. The van der Waals surface area contributed by atoms with E-state index in [9.17, 15) is 4.79 Å². The first kappa shape index (κ1) is 14.5. The van der Waals surface area contributed by atoms with Crippen molar-refractivity contribution in [3.8, 4) is 11.8 Å². The number of carbonyl (C=O) groups excluding carboxylic acids is 1. The van der Waals surface area contributed by atoms with Crippen LogP contribution in [0.3, 0.4) is 0 Å². The molecule has 2 rings (SSSR count). The normalized spacial score (nSPS) is 15.2. The molecule has 106 valence electrons. The molecule has 1 fully saturated rings. The molecule has 2 heterocycles. The Balaban J connectivity index is 1.85. The quantitative estimate of drug-likeness (QED) is 0.788. The van der Waals surface area contributed by atoms with Crippen molar-refractivity contribution in [2.45, 2.75) is 12.8 Å². The molecular formula is C15H19N3O2. The Labute approximate surface area is 118 Å². The van der Waals surface area contributed by atoms with Crippen LogP contribution in [-0.4, -0.2) is 37.2 Å². The molecule has 0 saturated carbocycles. The van der Waals surface area contributed by atoms with Gasteiger partial charge in [-0.15, -0.1) is 0 Å². The minimum Gasteiger partial charge on any atom is -0.381 e. The number of aromatic nitrogens is 1. The number of hydrogen-bond acceptors (Lipinski definition) is 4. The second-order valence-electron chi connectivity index (χ2n) is 4.70. The maximum atomic E-state index is 12.0. The zero-order chi connectivity index (χ0) is 14.2. The maximum absolute atomic E-state index is 12.0. The van der Waals surface area contributed by atoms with Gasteiger partial charge in [0.25, 0.3) is 5.91 Å². The van der Waals surface area contributed by atoms with Crippen LogP contribution < -0.4 is 11.1 Å². The van der Waals surface area contributed by atoms with Gasteiger partial charge in [-0.25, -0.2) is 4.98 Å². The van der Waals surface area contributed by atoms with Crippen molar-refractivity contribution < 1.29 is 9.53 Å². The summed E-state index contributed by atoms with van der Waals surface area (Å²) >= 11 is 0. The first-order valence-corrected chi connectivity index (χ1v) is 6.80. The predicted molar refractivity (Wildman–Crippen MR) is 76.0 cm³/mol. The van der Waals surface area contributed by atoms with Gasteiger partial charge in [0.15, 0.2) is 0 Å². The number of hydrogen-bond donors (Lipinski definition) is 2. The number of nitrogens with zero attached hydrogens (tertiary/aromatic N) is 1. The van der Waals surface area contributed by atoms with Crippen LogP contribution in [0.2, 0.25) is 0 Å². The van der Waals surface area contributed by atoms with Gasteiger partial charge in [-0.1, -0.05) is 11.8 Å². The molecule has 1 amide bonds. The van der Waals surface area contributed by atoms with Gasteiger partial charge in [0.1, 0.15) is 5.69 Å². The number of carbonyl (C=O) groups is 1. The van der Waals surface area contributed by atoms with Gasteiger partial charge in [-0.3, -0.25) is 4.79 Å². The molecule has 0 bridgehead atoms. The predicted octanol–water partition coefficient (Wildman–Crippen LogP) is 0.548. The van der Waals surface area contributed by atoms with Gasteiger partial charge < -0.3 is 15.8 Å². The average molecular weight is 273 g/mol. The van der Waals surface area contributed by atoms with Gasteiger partial charge in [0.2, 0.25) is 0 Å². The molecule has 0 unspecified atom stereocenters. The Morgan fingerprint density at radius 2 is 2.25 bits per heavy atom. The molecule has 1 aromatic rings. The number of amides is 1. The van der Waals surface area contributed by atoms with Crippen LogP contribution in [0, 0.1) is 17.8 Å². The first-order chi connectivity index (χ1) is 9.79. The number of nitrogens with two attached hydrogens (primary N) is 1. The highest BCUT2D eigenvalue weighted by molar-refractivity contribution is 5.92. The smallest absolute Gasteiger partial charge is 0.269 e. The molecule has 1 aliphatic heterocycles. The lowest BCUT2D eigenvalue weighted by atomic mass is 10.0. The van der Waals surface area contributed by atoms with Crippen LogP contribution >= 0.6 is 0 Å². The first-order valence-electron chi connectivity index (χ1n) is 6.80. The van der Waals surface area contributed by atoms with Crippen molar-refractivity contribution in [1.29, 1.82) is 0 Å². The third-order valence-electron chi connectivity index (χ3n) is 3.22. The van der Waals surface area contributed by atoms with Crippen LogP contribution in [0.1, 0.15) is 28.9 Å². The summed E-state index contributed by atoms with van der Waals surface area (Å²) in [6, 6.07) is 3.46. The summed E-state index contributed by atoms with van der Waals surface area (Å²) in [5, 5.41) is 2.92. The van der Waals surface area contributed by atoms with E-state index in [1.807, 2.05) is 0 Å². The Kier molecular flexibility index (Phi) is 5.54. The zero-order valence-electron chi connectivity index (χ0n) is 11.4. The van der Waals surface area contributed by atoms with E-state index in [-0.39, 0.29) is 5.91 Å². The van der Waals surface area contributed by atoms with Crippen LogP contribution in [0.25, 0.3) is 0 Å². The van der Waals surface area contributed by atoms with Crippen molar-refractivity contribution >= 4 is 5.91 Å². The standard InChI is InChI=1S/C15H19N3O2/c16-7-1-2-12-3-4-14(17-10-12)15(19)18-11-13-5-8-20-9-6-13/h3-4,10,13H,5-9,11,16H2,(H,18,19). The molecule has 0 atom stereocenters. The van der Waals surface area contributed by atoms with Crippen molar-refractivity contribution in [2.24, 2.45) is 11.7 Å². The molecule has 20 heavy (non-hydrogen) atoms. The minimum atomic E-state index is -0.144. The van der Waals surface area contributed by atoms with Crippen LogP contribution in [0.4, 0.5) is 0 Å². The van der Waals surface area contributed by atoms with E-state index in [0.717, 1.165) is 31.6 Å². The fourth-order valence-corrected chi connectivity index (χ4v) is 2.03. The summed E-state index contributed by atoms with van der Waals surface area (Å²) in [7, 11) is 0. The van der Waals surface area contributed by atoms with Gasteiger partial charge >= 0.3 is 0 Å². The van der Waals surface area contributed by atoms with Crippen molar-refractivity contribution in [2.75, 3.05) is 26.3 Å². The molecule has 0 radical (unpaired) electrons. The number of nitrogens with one attached hydrogen (secondary N) is 1. The zero-order valence-corrected chi connectivity index (χ0v) is 11.4. The highest BCUT2D eigenvalue weighted by atomic mass is 16.5. The highest BCUT2D eigenvalue weighted by Gasteiger charge is 2.15. The van der Waals surface area contributed by atoms with Gasteiger partial charge in [0.05, 0.1) is 6.54 Å². The van der Waals surface area contributed by atoms with Crippen LogP contribution in [0.15, 0.2) is 18.3 Å². The Morgan fingerprint density at radius 1 is 1.45 bits per heavy atom. The topological polar surface area (TPSA) is 77.2 Å². The molecule has 0 spiro atoms. The van der Waals surface area contributed by atoms with Crippen LogP contribution in [-0.2, 0) is 4.74 Å².